The first-order chi connectivity index (χ1) is 10.1. The maximum Gasteiger partial charge on any atom is 0.232 e. The van der Waals surface area contributed by atoms with Crippen molar-refractivity contribution in [1.82, 2.24) is 0 Å². The minimum atomic E-state index is -1.33. The van der Waals surface area contributed by atoms with Crippen LogP contribution in [0.3, 0.4) is 0 Å². The van der Waals surface area contributed by atoms with Gasteiger partial charge in [-0.25, -0.2) is 0 Å². The summed E-state index contributed by atoms with van der Waals surface area (Å²) in [5, 5.41) is 20.8. The van der Waals surface area contributed by atoms with E-state index in [1.165, 1.54) is 0 Å². The minimum Gasteiger partial charge on any atom is -0.383 e. The molecule has 3 rings (SSSR count). The predicted octanol–water partition coefficient (Wildman–Crippen LogP) is 0.0205. The number of aliphatic hydroxyl groups is 1. The van der Waals surface area contributed by atoms with E-state index in [2.05, 4.69) is 0 Å². The Morgan fingerprint density at radius 3 is 2.23 bits per heavy atom. The number of fused-ring (bicyclic) bond motifs is 3. The van der Waals surface area contributed by atoms with Gasteiger partial charge in [-0.1, -0.05) is 0 Å². The van der Waals surface area contributed by atoms with Gasteiger partial charge in [0.25, 0.3) is 0 Å². The summed E-state index contributed by atoms with van der Waals surface area (Å²) in [4.78, 5) is 10.1. The molecule has 22 heavy (non-hydrogen) atoms. The zero-order valence-corrected chi connectivity index (χ0v) is 12.9. The summed E-state index contributed by atoms with van der Waals surface area (Å²) in [7, 11) is 0. The van der Waals surface area contributed by atoms with Crippen molar-refractivity contribution in [3.8, 4) is 0 Å². The molecule has 3 aliphatic rings. The summed E-state index contributed by atoms with van der Waals surface area (Å²) in [6, 6.07) is 0. The molecule has 0 saturated carbocycles. The monoisotopic (exact) mass is 319 g/mol. The normalized spacial score (nSPS) is 43.4. The molecule has 0 aliphatic carbocycles. The van der Waals surface area contributed by atoms with Gasteiger partial charge in [0.05, 0.1) is 0 Å². The van der Waals surface area contributed by atoms with E-state index in [1.807, 2.05) is 0 Å². The molecule has 0 bridgehead atoms. The highest BCUT2D eigenvalue weighted by molar-refractivity contribution is 5.01. The summed E-state index contributed by atoms with van der Waals surface area (Å²) in [6.45, 7) is 6.32. The van der Waals surface area contributed by atoms with Gasteiger partial charge in [-0.15, -0.1) is 0 Å². The van der Waals surface area contributed by atoms with Crippen LogP contribution in [0.5, 0.6) is 0 Å². The number of hydrogen-bond acceptors (Lipinski definition) is 8. The van der Waals surface area contributed by atoms with Crippen LogP contribution in [0.4, 0.5) is 0 Å². The van der Waals surface area contributed by atoms with E-state index in [-0.39, 0.29) is 0 Å². The van der Waals surface area contributed by atoms with Crippen molar-refractivity contribution in [2.75, 3.05) is 6.54 Å². The molecule has 0 spiro atoms. The van der Waals surface area contributed by atoms with Gasteiger partial charge in [-0.2, -0.15) is 0 Å². The second kappa shape index (κ2) is 5.08. The molecular weight excluding hydrogens is 298 g/mol. The second-order valence-corrected chi connectivity index (χ2v) is 6.72. The molecule has 3 fully saturated rings. The smallest absolute Gasteiger partial charge is 0.232 e. The molecule has 126 valence electrons. The summed E-state index contributed by atoms with van der Waals surface area (Å²) < 4.78 is 28.8. The summed E-state index contributed by atoms with van der Waals surface area (Å²) in [5.74, 6) is -1.75. The van der Waals surface area contributed by atoms with Crippen LogP contribution in [-0.2, 0) is 23.7 Å². The van der Waals surface area contributed by atoms with E-state index in [4.69, 9.17) is 23.7 Å². The summed E-state index contributed by atoms with van der Waals surface area (Å²) in [5.41, 5.74) is 0. The minimum absolute atomic E-state index is 0.513. The molecule has 6 unspecified atom stereocenters. The average molecular weight is 319 g/mol. The molecule has 1 N–H and O–H groups in total. The molecular formula is C13H21NO8. The van der Waals surface area contributed by atoms with Crippen LogP contribution in [-0.4, -0.2) is 65.0 Å². The van der Waals surface area contributed by atoms with Crippen molar-refractivity contribution < 1.29 is 33.7 Å². The number of aliphatic hydroxyl groups excluding tert-OH is 1. The van der Waals surface area contributed by atoms with E-state index in [9.17, 15) is 15.2 Å². The summed E-state index contributed by atoms with van der Waals surface area (Å²) in [6.07, 6.45) is -4.71. The van der Waals surface area contributed by atoms with Crippen LogP contribution in [0, 0.1) is 10.1 Å². The van der Waals surface area contributed by atoms with Crippen LogP contribution >= 0.6 is 0 Å². The fraction of sp³-hybridized carbons (Fsp3) is 1.00. The van der Waals surface area contributed by atoms with Crippen molar-refractivity contribution in [3.05, 3.63) is 10.1 Å². The lowest BCUT2D eigenvalue weighted by atomic mass is 9.95. The van der Waals surface area contributed by atoms with Gasteiger partial charge >= 0.3 is 0 Å². The Labute approximate surface area is 127 Å². The maximum absolute atomic E-state index is 10.7. The topological polar surface area (TPSA) is 110 Å². The highest BCUT2D eigenvalue weighted by Gasteiger charge is 2.62. The number of nitro groups is 1. The van der Waals surface area contributed by atoms with Crippen LogP contribution in [0.2, 0.25) is 0 Å². The highest BCUT2D eigenvalue weighted by atomic mass is 16.9. The lowest BCUT2D eigenvalue weighted by Gasteiger charge is -2.38. The number of ether oxygens (including phenoxy) is 5. The molecule has 9 heteroatoms. The third-order valence-electron chi connectivity index (χ3n) is 3.91. The van der Waals surface area contributed by atoms with Gasteiger partial charge in [0, 0.05) is 4.92 Å². The van der Waals surface area contributed by atoms with Crippen LogP contribution in [0.15, 0.2) is 0 Å². The van der Waals surface area contributed by atoms with Crippen LogP contribution < -0.4 is 0 Å². The van der Waals surface area contributed by atoms with E-state index in [0.717, 1.165) is 0 Å². The molecule has 0 aromatic heterocycles. The van der Waals surface area contributed by atoms with Gasteiger partial charge in [0.1, 0.15) is 30.5 Å². The fourth-order valence-electron chi connectivity index (χ4n) is 3.21. The van der Waals surface area contributed by atoms with Gasteiger partial charge in [-0.3, -0.25) is 10.1 Å². The lowest BCUT2D eigenvalue weighted by Crippen LogP contribution is -2.59. The fourth-order valence-corrected chi connectivity index (χ4v) is 3.21. The Morgan fingerprint density at radius 1 is 1.05 bits per heavy atom. The number of rotatable bonds is 3. The first-order valence-corrected chi connectivity index (χ1v) is 7.25. The molecule has 6 atom stereocenters. The Morgan fingerprint density at radius 2 is 1.59 bits per heavy atom. The zero-order valence-electron chi connectivity index (χ0n) is 12.9. The molecule has 0 aromatic rings. The Balaban J connectivity index is 1.85. The Kier molecular flexibility index (Phi) is 3.70. The average Bonchev–Trinajstić information content (AvgIpc) is 2.81. The van der Waals surface area contributed by atoms with Crippen LogP contribution in [0.1, 0.15) is 27.7 Å². The van der Waals surface area contributed by atoms with E-state index < -0.39 is 59.9 Å². The molecule has 0 amide bonds. The van der Waals surface area contributed by atoms with Crippen molar-refractivity contribution in [3.63, 3.8) is 0 Å². The largest absolute Gasteiger partial charge is 0.383 e. The Bertz CT molecular complexity index is 467. The van der Waals surface area contributed by atoms with E-state index in [1.54, 1.807) is 27.7 Å². The number of hydrogen-bond donors (Lipinski definition) is 1. The molecule has 9 nitrogen and oxygen atoms in total. The second-order valence-electron chi connectivity index (χ2n) is 6.72. The molecule has 3 aliphatic heterocycles. The number of nitrogens with zero attached hydrogens (tertiary/aromatic N) is 1. The predicted molar refractivity (Wildman–Crippen MR) is 70.4 cm³/mol. The Hall–Kier alpha value is -0.840. The zero-order chi connectivity index (χ0) is 16.3. The molecule has 3 saturated heterocycles. The van der Waals surface area contributed by atoms with Gasteiger partial charge < -0.3 is 28.8 Å². The third-order valence-corrected chi connectivity index (χ3v) is 3.91. The SMILES string of the molecule is CC1(C)OC2OC(C(O)C[N+](=O)[O-])C3OC(C)(C)OC3C2O1. The van der Waals surface area contributed by atoms with Crippen molar-refractivity contribution >= 4 is 0 Å². The summed E-state index contributed by atoms with van der Waals surface area (Å²) >= 11 is 0. The molecule has 3 heterocycles. The van der Waals surface area contributed by atoms with Crippen molar-refractivity contribution in [2.45, 2.75) is 76.1 Å². The lowest BCUT2D eigenvalue weighted by molar-refractivity contribution is -0.495. The highest BCUT2D eigenvalue weighted by Crippen LogP contribution is 2.44. The first kappa shape index (κ1) is 16.0. The van der Waals surface area contributed by atoms with E-state index >= 15 is 0 Å². The van der Waals surface area contributed by atoms with E-state index in [0.29, 0.717) is 0 Å². The molecule has 0 aromatic carbocycles. The van der Waals surface area contributed by atoms with Crippen molar-refractivity contribution in [2.24, 2.45) is 0 Å². The molecule has 0 radical (unpaired) electrons. The first-order valence-electron chi connectivity index (χ1n) is 7.25. The van der Waals surface area contributed by atoms with Crippen molar-refractivity contribution in [1.29, 1.82) is 0 Å². The van der Waals surface area contributed by atoms with Gasteiger partial charge in [-0.05, 0) is 27.7 Å². The van der Waals surface area contributed by atoms with Crippen LogP contribution in [0.25, 0.3) is 0 Å². The van der Waals surface area contributed by atoms with Gasteiger partial charge in [0.2, 0.25) is 6.54 Å². The quantitative estimate of drug-likeness (QED) is 0.573. The third kappa shape index (κ3) is 2.84. The maximum atomic E-state index is 10.7. The standard InChI is InChI=1S/C13H21NO8/c1-12(2)19-8-7(6(15)5-14(16)17)18-11-10(9(8)20-12)21-13(3,4)22-11/h6-11,15H,5H2,1-4H3. The van der Waals surface area contributed by atoms with Gasteiger partial charge in [0.15, 0.2) is 17.9 Å².